The number of amides is 3. The summed E-state index contributed by atoms with van der Waals surface area (Å²) in [4.78, 5) is 43.2. The minimum absolute atomic E-state index is 0.0926. The molecule has 6 rings (SSSR count). The zero-order valence-corrected chi connectivity index (χ0v) is 20.4. The number of ether oxygens (including phenoxy) is 1. The SMILES string of the molecule is COCCn1ccc2c(NC(=O)CCN3C(=O)c4ccccc4N4C(=O)c5ccccc5C34)cccc21. The molecule has 1 atom stereocenters. The van der Waals surface area contributed by atoms with E-state index >= 15 is 0 Å². The van der Waals surface area contributed by atoms with Crippen molar-refractivity contribution in [3.8, 4) is 0 Å². The van der Waals surface area contributed by atoms with Gasteiger partial charge in [-0.15, -0.1) is 0 Å². The molecule has 3 aromatic carbocycles. The van der Waals surface area contributed by atoms with Gasteiger partial charge in [-0.2, -0.15) is 0 Å². The first-order valence-electron chi connectivity index (χ1n) is 12.3. The van der Waals surface area contributed by atoms with Crippen molar-refractivity contribution in [1.82, 2.24) is 9.47 Å². The molecule has 2 aliphatic rings. The van der Waals surface area contributed by atoms with Gasteiger partial charge in [-0.1, -0.05) is 36.4 Å². The number of aromatic nitrogens is 1. The number of para-hydroxylation sites is 1. The lowest BCUT2D eigenvalue weighted by Gasteiger charge is -2.40. The number of anilines is 2. The summed E-state index contributed by atoms with van der Waals surface area (Å²) in [6, 6.07) is 22.3. The van der Waals surface area contributed by atoms with E-state index in [1.54, 1.807) is 41.2 Å². The lowest BCUT2D eigenvalue weighted by molar-refractivity contribution is -0.116. The molecule has 3 heterocycles. The van der Waals surface area contributed by atoms with E-state index in [1.165, 1.54) is 0 Å². The first kappa shape index (κ1) is 23.0. The fraction of sp³-hybridized carbons (Fsp3) is 0.207. The van der Waals surface area contributed by atoms with E-state index in [1.807, 2.05) is 54.7 Å². The zero-order valence-electron chi connectivity index (χ0n) is 20.4. The van der Waals surface area contributed by atoms with Crippen LogP contribution in [0.1, 0.15) is 38.9 Å². The molecule has 186 valence electrons. The first-order valence-corrected chi connectivity index (χ1v) is 12.3. The molecule has 0 saturated heterocycles. The highest BCUT2D eigenvalue weighted by molar-refractivity contribution is 6.16. The third-order valence-electron chi connectivity index (χ3n) is 7.09. The molecule has 2 aliphatic heterocycles. The average Bonchev–Trinajstić information content (AvgIpc) is 3.47. The van der Waals surface area contributed by atoms with Gasteiger partial charge < -0.3 is 19.5 Å². The largest absolute Gasteiger partial charge is 0.383 e. The van der Waals surface area contributed by atoms with Gasteiger partial charge in [0, 0.05) is 49.3 Å². The molecular formula is C29H26N4O4. The van der Waals surface area contributed by atoms with E-state index in [9.17, 15) is 14.4 Å². The van der Waals surface area contributed by atoms with Crippen LogP contribution in [-0.4, -0.2) is 47.4 Å². The first-order chi connectivity index (χ1) is 18.1. The summed E-state index contributed by atoms with van der Waals surface area (Å²) in [5.41, 5.74) is 4.15. The number of nitrogens with zero attached hydrogens (tertiary/aromatic N) is 3. The Morgan fingerprint density at radius 3 is 2.51 bits per heavy atom. The molecule has 3 amide bonds. The normalized spacial score (nSPS) is 16.1. The third-order valence-corrected chi connectivity index (χ3v) is 7.09. The maximum Gasteiger partial charge on any atom is 0.260 e. The number of nitrogens with one attached hydrogen (secondary N) is 1. The van der Waals surface area contributed by atoms with Gasteiger partial charge in [0.05, 0.1) is 29.1 Å². The van der Waals surface area contributed by atoms with E-state index in [4.69, 9.17) is 4.74 Å². The minimum atomic E-state index is -0.572. The highest BCUT2D eigenvalue weighted by Gasteiger charge is 2.47. The van der Waals surface area contributed by atoms with Gasteiger partial charge >= 0.3 is 0 Å². The van der Waals surface area contributed by atoms with E-state index < -0.39 is 6.17 Å². The summed E-state index contributed by atoms with van der Waals surface area (Å²) in [6.45, 7) is 1.48. The van der Waals surface area contributed by atoms with E-state index in [0.29, 0.717) is 30.0 Å². The lowest BCUT2D eigenvalue weighted by atomic mass is 10.0. The van der Waals surface area contributed by atoms with Crippen LogP contribution in [-0.2, 0) is 16.1 Å². The third kappa shape index (κ3) is 3.77. The average molecular weight is 495 g/mol. The molecule has 8 heteroatoms. The Kier molecular flexibility index (Phi) is 5.73. The quantitative estimate of drug-likeness (QED) is 0.412. The Hall–Kier alpha value is -4.43. The Morgan fingerprint density at radius 2 is 1.68 bits per heavy atom. The summed E-state index contributed by atoms with van der Waals surface area (Å²) < 4.78 is 7.28. The van der Waals surface area contributed by atoms with Crippen LogP contribution < -0.4 is 10.2 Å². The van der Waals surface area contributed by atoms with Crippen molar-refractivity contribution >= 4 is 40.0 Å². The van der Waals surface area contributed by atoms with Gasteiger partial charge in [-0.25, -0.2) is 0 Å². The Labute approximate surface area is 214 Å². The number of carbonyl (C=O) groups excluding carboxylic acids is 3. The molecule has 4 aromatic rings. The molecule has 0 aliphatic carbocycles. The van der Waals surface area contributed by atoms with Crippen molar-refractivity contribution in [1.29, 1.82) is 0 Å². The fourth-order valence-corrected chi connectivity index (χ4v) is 5.35. The van der Waals surface area contributed by atoms with Crippen LogP contribution >= 0.6 is 0 Å². The topological polar surface area (TPSA) is 83.9 Å². The molecule has 0 radical (unpaired) electrons. The van der Waals surface area contributed by atoms with Gasteiger partial charge in [0.1, 0.15) is 6.17 Å². The van der Waals surface area contributed by atoms with Gasteiger partial charge in [-0.05, 0) is 36.4 Å². The summed E-state index contributed by atoms with van der Waals surface area (Å²) >= 11 is 0. The Morgan fingerprint density at radius 1 is 0.892 bits per heavy atom. The molecule has 1 unspecified atom stereocenters. The number of fused-ring (bicyclic) bond motifs is 6. The number of rotatable bonds is 7. The maximum atomic E-state index is 13.6. The number of benzene rings is 3. The number of hydrogen-bond acceptors (Lipinski definition) is 4. The van der Waals surface area contributed by atoms with Gasteiger partial charge in [-0.3, -0.25) is 19.3 Å². The second-order valence-electron chi connectivity index (χ2n) is 9.19. The molecule has 0 bridgehead atoms. The minimum Gasteiger partial charge on any atom is -0.383 e. The summed E-state index contributed by atoms with van der Waals surface area (Å²) in [5, 5.41) is 3.95. The van der Waals surface area contributed by atoms with Crippen molar-refractivity contribution in [3.63, 3.8) is 0 Å². The number of hydrogen-bond donors (Lipinski definition) is 1. The molecular weight excluding hydrogens is 468 g/mol. The summed E-state index contributed by atoms with van der Waals surface area (Å²) in [5.74, 6) is -0.529. The predicted octanol–water partition coefficient (Wildman–Crippen LogP) is 4.43. The van der Waals surface area contributed by atoms with Gasteiger partial charge in [0.2, 0.25) is 5.91 Å². The van der Waals surface area contributed by atoms with E-state index in [0.717, 1.165) is 22.2 Å². The zero-order chi connectivity index (χ0) is 25.5. The van der Waals surface area contributed by atoms with Gasteiger partial charge in [0.15, 0.2) is 0 Å². The molecule has 37 heavy (non-hydrogen) atoms. The lowest BCUT2D eigenvalue weighted by Crippen LogP contribution is -2.49. The fourth-order valence-electron chi connectivity index (χ4n) is 5.35. The predicted molar refractivity (Wildman–Crippen MR) is 141 cm³/mol. The van der Waals surface area contributed by atoms with E-state index in [-0.39, 0.29) is 30.7 Å². The van der Waals surface area contributed by atoms with Crippen LogP contribution in [0.4, 0.5) is 11.4 Å². The molecule has 0 fully saturated rings. The standard InChI is InChI=1S/C29H26N4O4/c1-37-18-17-31-15-13-21-23(10-6-12-24(21)31)30-26(34)14-16-32-27-19-7-2-3-8-20(19)29(36)33(27)25-11-5-4-9-22(25)28(32)35/h2-13,15,27H,14,16-18H2,1H3,(H,30,34). The second-order valence-corrected chi connectivity index (χ2v) is 9.19. The van der Waals surface area contributed by atoms with Crippen LogP contribution in [0.3, 0.4) is 0 Å². The smallest absolute Gasteiger partial charge is 0.260 e. The Balaban J connectivity index is 1.25. The van der Waals surface area contributed by atoms with Crippen LogP contribution in [0.25, 0.3) is 10.9 Å². The molecule has 0 spiro atoms. The molecule has 8 nitrogen and oxygen atoms in total. The second kappa shape index (κ2) is 9.22. The summed E-state index contributed by atoms with van der Waals surface area (Å²) in [6.07, 6.45) is 1.50. The molecule has 1 aromatic heterocycles. The monoisotopic (exact) mass is 494 g/mol. The van der Waals surface area contributed by atoms with Crippen molar-refractivity contribution in [2.45, 2.75) is 19.1 Å². The van der Waals surface area contributed by atoms with Gasteiger partial charge in [0.25, 0.3) is 11.8 Å². The van der Waals surface area contributed by atoms with Crippen LogP contribution in [0.5, 0.6) is 0 Å². The van der Waals surface area contributed by atoms with E-state index in [2.05, 4.69) is 9.88 Å². The highest BCUT2D eigenvalue weighted by atomic mass is 16.5. The molecule has 0 saturated carbocycles. The summed E-state index contributed by atoms with van der Waals surface area (Å²) in [7, 11) is 1.67. The highest BCUT2D eigenvalue weighted by Crippen LogP contribution is 2.45. The maximum absolute atomic E-state index is 13.6. The molecule has 1 N–H and O–H groups in total. The number of carbonyl (C=O) groups is 3. The van der Waals surface area contributed by atoms with Crippen molar-refractivity contribution in [2.24, 2.45) is 0 Å². The van der Waals surface area contributed by atoms with Crippen molar-refractivity contribution in [2.75, 3.05) is 30.5 Å². The van der Waals surface area contributed by atoms with Crippen molar-refractivity contribution in [3.05, 3.63) is 95.7 Å². The van der Waals surface area contributed by atoms with Crippen LogP contribution in [0, 0.1) is 0 Å². The number of methoxy groups -OCH3 is 1. The van der Waals surface area contributed by atoms with Crippen LogP contribution in [0.15, 0.2) is 79.0 Å². The Bertz CT molecular complexity index is 1540. The van der Waals surface area contributed by atoms with Crippen LogP contribution in [0.2, 0.25) is 0 Å². The van der Waals surface area contributed by atoms with Crippen molar-refractivity contribution < 1.29 is 19.1 Å².